The van der Waals surface area contributed by atoms with Crippen LogP contribution in [0, 0.1) is 5.92 Å². The monoisotopic (exact) mass is 245 g/mol. The lowest BCUT2D eigenvalue weighted by Crippen LogP contribution is -2.36. The Kier molecular flexibility index (Phi) is 3.67. The van der Waals surface area contributed by atoms with Gasteiger partial charge < -0.3 is 5.11 Å². The minimum Gasteiger partial charge on any atom is -0.393 e. The van der Waals surface area contributed by atoms with Crippen molar-refractivity contribution >= 4 is 0 Å². The van der Waals surface area contributed by atoms with Crippen molar-refractivity contribution in [3.8, 4) is 0 Å². The van der Waals surface area contributed by atoms with Crippen LogP contribution < -0.4 is 0 Å². The first-order valence-electron chi connectivity index (χ1n) is 7.28. The maximum Gasteiger partial charge on any atom is 0.0540 e. The quantitative estimate of drug-likeness (QED) is 0.865. The third-order valence-electron chi connectivity index (χ3n) is 4.54. The highest BCUT2D eigenvalue weighted by atomic mass is 16.3. The molecule has 1 saturated carbocycles. The van der Waals surface area contributed by atoms with Crippen LogP contribution >= 0.6 is 0 Å². The van der Waals surface area contributed by atoms with E-state index in [2.05, 4.69) is 29.2 Å². The molecule has 0 unspecified atom stereocenters. The molecule has 0 bridgehead atoms. The van der Waals surface area contributed by atoms with Crippen LogP contribution in [0.25, 0.3) is 0 Å². The molecule has 1 fully saturated rings. The zero-order chi connectivity index (χ0) is 12.4. The second-order valence-corrected chi connectivity index (χ2v) is 5.93. The Bertz CT molecular complexity index is 396. The van der Waals surface area contributed by atoms with Crippen molar-refractivity contribution in [3.05, 3.63) is 35.4 Å². The van der Waals surface area contributed by atoms with Crippen molar-refractivity contribution in [1.29, 1.82) is 0 Å². The molecule has 0 saturated heterocycles. The highest BCUT2D eigenvalue weighted by Crippen LogP contribution is 2.27. The largest absolute Gasteiger partial charge is 0.393 e. The predicted molar refractivity (Wildman–Crippen MR) is 73.4 cm³/mol. The van der Waals surface area contributed by atoms with Gasteiger partial charge >= 0.3 is 0 Å². The molecule has 0 radical (unpaired) electrons. The molecule has 2 heteroatoms. The van der Waals surface area contributed by atoms with Gasteiger partial charge in [-0.1, -0.05) is 24.3 Å². The second-order valence-electron chi connectivity index (χ2n) is 5.93. The Morgan fingerprint density at radius 2 is 1.78 bits per heavy atom. The van der Waals surface area contributed by atoms with Crippen LogP contribution in [0.5, 0.6) is 0 Å². The molecule has 1 aliphatic heterocycles. The van der Waals surface area contributed by atoms with Crippen molar-refractivity contribution in [3.63, 3.8) is 0 Å². The van der Waals surface area contributed by atoms with Gasteiger partial charge in [-0.05, 0) is 49.1 Å². The van der Waals surface area contributed by atoms with E-state index in [-0.39, 0.29) is 6.10 Å². The zero-order valence-electron chi connectivity index (χ0n) is 11.0. The number of fused-ring (bicyclic) bond motifs is 1. The summed E-state index contributed by atoms with van der Waals surface area (Å²) in [7, 11) is 0. The molecule has 0 spiro atoms. The van der Waals surface area contributed by atoms with Gasteiger partial charge in [0.15, 0.2) is 0 Å². The van der Waals surface area contributed by atoms with Crippen LogP contribution in [0.2, 0.25) is 0 Å². The fourth-order valence-electron chi connectivity index (χ4n) is 3.40. The third kappa shape index (κ3) is 2.76. The van der Waals surface area contributed by atoms with Gasteiger partial charge in [-0.3, -0.25) is 4.90 Å². The fraction of sp³-hybridized carbons (Fsp3) is 0.625. The van der Waals surface area contributed by atoms with Gasteiger partial charge in [-0.25, -0.2) is 0 Å². The van der Waals surface area contributed by atoms with Crippen molar-refractivity contribution in [1.82, 2.24) is 4.90 Å². The Balaban J connectivity index is 1.56. The van der Waals surface area contributed by atoms with E-state index >= 15 is 0 Å². The molecule has 1 aromatic carbocycles. The van der Waals surface area contributed by atoms with E-state index in [4.69, 9.17) is 0 Å². The Labute approximate surface area is 110 Å². The Hall–Kier alpha value is -0.860. The number of aliphatic hydroxyl groups is 1. The van der Waals surface area contributed by atoms with E-state index in [1.807, 2.05) is 0 Å². The van der Waals surface area contributed by atoms with Crippen molar-refractivity contribution < 1.29 is 5.11 Å². The van der Waals surface area contributed by atoms with E-state index in [1.54, 1.807) is 0 Å². The minimum absolute atomic E-state index is 0.0247. The number of aliphatic hydroxyl groups excluding tert-OH is 1. The van der Waals surface area contributed by atoms with Gasteiger partial charge in [0.25, 0.3) is 0 Å². The normalized spacial score (nSPS) is 28.9. The molecule has 1 heterocycles. The molecule has 2 aliphatic rings. The van der Waals surface area contributed by atoms with Crippen molar-refractivity contribution in [2.24, 2.45) is 5.92 Å². The summed E-state index contributed by atoms with van der Waals surface area (Å²) in [5.74, 6) is 0.804. The third-order valence-corrected chi connectivity index (χ3v) is 4.54. The number of hydrogen-bond donors (Lipinski definition) is 1. The molecular weight excluding hydrogens is 222 g/mol. The number of nitrogens with zero attached hydrogens (tertiary/aromatic N) is 1. The highest BCUT2D eigenvalue weighted by Gasteiger charge is 2.23. The average molecular weight is 245 g/mol. The fourth-order valence-corrected chi connectivity index (χ4v) is 3.40. The molecule has 1 aromatic rings. The first kappa shape index (κ1) is 12.2. The second kappa shape index (κ2) is 5.41. The molecule has 0 amide bonds. The summed E-state index contributed by atoms with van der Waals surface area (Å²) in [6, 6.07) is 8.84. The maximum atomic E-state index is 9.55. The first-order chi connectivity index (χ1) is 8.81. The molecule has 98 valence electrons. The van der Waals surface area contributed by atoms with Crippen molar-refractivity contribution in [2.75, 3.05) is 13.1 Å². The summed E-state index contributed by atoms with van der Waals surface area (Å²) >= 11 is 0. The molecule has 0 atom stereocenters. The maximum absolute atomic E-state index is 9.55. The number of rotatable bonds is 2. The lowest BCUT2D eigenvalue weighted by atomic mass is 9.86. The lowest BCUT2D eigenvalue weighted by Gasteiger charge is -2.34. The van der Waals surface area contributed by atoms with Gasteiger partial charge in [-0.2, -0.15) is 0 Å². The molecule has 2 nitrogen and oxygen atoms in total. The van der Waals surface area contributed by atoms with Gasteiger partial charge in [0.1, 0.15) is 0 Å². The van der Waals surface area contributed by atoms with Crippen LogP contribution in [0.15, 0.2) is 24.3 Å². The molecule has 0 aromatic heterocycles. The number of benzene rings is 1. The summed E-state index contributed by atoms with van der Waals surface area (Å²) in [5.41, 5.74) is 3.05. The van der Waals surface area contributed by atoms with E-state index in [1.165, 1.54) is 43.5 Å². The first-order valence-corrected chi connectivity index (χ1v) is 7.28. The van der Waals surface area contributed by atoms with Crippen LogP contribution in [-0.2, 0) is 13.0 Å². The molecule has 3 rings (SSSR count). The van der Waals surface area contributed by atoms with Crippen LogP contribution in [-0.4, -0.2) is 29.2 Å². The molecule has 1 aliphatic carbocycles. The highest BCUT2D eigenvalue weighted by molar-refractivity contribution is 5.29. The topological polar surface area (TPSA) is 23.5 Å². The lowest BCUT2D eigenvalue weighted by molar-refractivity contribution is 0.0913. The average Bonchev–Trinajstić information content (AvgIpc) is 2.41. The Morgan fingerprint density at radius 3 is 2.56 bits per heavy atom. The summed E-state index contributed by atoms with van der Waals surface area (Å²) in [6.45, 7) is 3.55. The summed E-state index contributed by atoms with van der Waals surface area (Å²) in [4.78, 5) is 2.60. The van der Waals surface area contributed by atoms with E-state index in [0.717, 1.165) is 25.3 Å². The van der Waals surface area contributed by atoms with Crippen molar-refractivity contribution in [2.45, 2.75) is 44.8 Å². The summed E-state index contributed by atoms with van der Waals surface area (Å²) in [6.07, 6.45) is 5.61. The smallest absolute Gasteiger partial charge is 0.0540 e. The van der Waals surface area contributed by atoms with E-state index < -0.39 is 0 Å². The standard InChI is InChI=1S/C16H23NO/c18-16-7-5-13(6-8-16)11-17-10-9-14-3-1-2-4-15(14)12-17/h1-4,13,16,18H,5-12H2. The Morgan fingerprint density at radius 1 is 1.06 bits per heavy atom. The zero-order valence-corrected chi connectivity index (χ0v) is 11.0. The van der Waals surface area contributed by atoms with E-state index in [0.29, 0.717) is 0 Å². The van der Waals surface area contributed by atoms with Gasteiger partial charge in [0, 0.05) is 19.6 Å². The summed E-state index contributed by atoms with van der Waals surface area (Å²) in [5, 5.41) is 9.55. The van der Waals surface area contributed by atoms with Crippen LogP contribution in [0.4, 0.5) is 0 Å². The predicted octanol–water partition coefficient (Wildman–Crippen LogP) is 2.60. The molecule has 1 N–H and O–H groups in total. The van der Waals surface area contributed by atoms with Gasteiger partial charge in [0.2, 0.25) is 0 Å². The summed E-state index contributed by atoms with van der Waals surface area (Å²) < 4.78 is 0. The van der Waals surface area contributed by atoms with Gasteiger partial charge in [0.05, 0.1) is 6.10 Å². The van der Waals surface area contributed by atoms with Crippen LogP contribution in [0.3, 0.4) is 0 Å². The number of hydrogen-bond acceptors (Lipinski definition) is 2. The van der Waals surface area contributed by atoms with E-state index in [9.17, 15) is 5.11 Å². The molecular formula is C16H23NO. The SMILES string of the molecule is OC1CCC(CN2CCc3ccccc3C2)CC1. The van der Waals surface area contributed by atoms with Gasteiger partial charge in [-0.15, -0.1) is 0 Å². The minimum atomic E-state index is -0.0247. The van der Waals surface area contributed by atoms with Crippen LogP contribution in [0.1, 0.15) is 36.8 Å². The molecule has 18 heavy (non-hydrogen) atoms.